The third kappa shape index (κ3) is 2.50. The molecule has 0 amide bonds. The molecule has 3 rings (SSSR count). The van der Waals surface area contributed by atoms with Crippen molar-refractivity contribution in [3.63, 3.8) is 0 Å². The lowest BCUT2D eigenvalue weighted by molar-refractivity contribution is 0.140. The van der Waals surface area contributed by atoms with E-state index < -0.39 is 9.84 Å². The Morgan fingerprint density at radius 1 is 1.25 bits per heavy atom. The number of nitrogens with zero attached hydrogens (tertiary/aromatic N) is 1. The van der Waals surface area contributed by atoms with Gasteiger partial charge in [-0.2, -0.15) is 0 Å². The van der Waals surface area contributed by atoms with Crippen LogP contribution in [0.15, 0.2) is 29.2 Å². The molecule has 2 aliphatic rings. The summed E-state index contributed by atoms with van der Waals surface area (Å²) < 4.78 is 24.4. The van der Waals surface area contributed by atoms with Crippen molar-refractivity contribution in [1.29, 1.82) is 0 Å². The smallest absolute Gasteiger partial charge is 0.178 e. The second-order valence-electron chi connectivity index (χ2n) is 5.83. The number of hydrogen-bond acceptors (Lipinski definition) is 4. The molecule has 1 fully saturated rings. The highest BCUT2D eigenvalue weighted by atomic mass is 32.2. The van der Waals surface area contributed by atoms with Crippen LogP contribution >= 0.6 is 0 Å². The van der Waals surface area contributed by atoms with Gasteiger partial charge in [-0.3, -0.25) is 4.90 Å². The van der Waals surface area contributed by atoms with Crippen molar-refractivity contribution in [3.8, 4) is 0 Å². The zero-order valence-electron chi connectivity index (χ0n) is 11.9. The SMILES string of the molecule is CN(C1CCCNC1)C1CCS(=O)(=O)c2ccccc21. The summed E-state index contributed by atoms with van der Waals surface area (Å²) in [4.78, 5) is 2.91. The van der Waals surface area contributed by atoms with Crippen molar-refractivity contribution in [2.45, 2.75) is 36.2 Å². The van der Waals surface area contributed by atoms with Gasteiger partial charge in [0.05, 0.1) is 10.6 Å². The number of fused-ring (bicyclic) bond motifs is 1. The maximum Gasteiger partial charge on any atom is 0.178 e. The Bertz CT molecular complexity index is 579. The first kappa shape index (κ1) is 14.0. The number of nitrogens with one attached hydrogen (secondary N) is 1. The van der Waals surface area contributed by atoms with Gasteiger partial charge in [-0.25, -0.2) is 8.42 Å². The zero-order valence-corrected chi connectivity index (χ0v) is 12.7. The number of likely N-dealkylation sites (N-methyl/N-ethyl adjacent to an activating group) is 1. The molecular weight excluding hydrogens is 272 g/mol. The van der Waals surface area contributed by atoms with E-state index in [0.29, 0.717) is 17.4 Å². The second-order valence-corrected chi connectivity index (χ2v) is 7.90. The number of benzene rings is 1. The number of rotatable bonds is 2. The van der Waals surface area contributed by atoms with Crippen LogP contribution in [-0.4, -0.2) is 45.2 Å². The summed E-state index contributed by atoms with van der Waals surface area (Å²) >= 11 is 0. The summed E-state index contributed by atoms with van der Waals surface area (Å²) in [6, 6.07) is 8.22. The first-order valence-corrected chi connectivity index (χ1v) is 8.99. The summed E-state index contributed by atoms with van der Waals surface area (Å²) in [6.45, 7) is 2.10. The van der Waals surface area contributed by atoms with Crippen molar-refractivity contribution < 1.29 is 8.42 Å². The quantitative estimate of drug-likeness (QED) is 0.900. The van der Waals surface area contributed by atoms with Gasteiger partial charge in [0.25, 0.3) is 0 Å². The fourth-order valence-electron chi connectivity index (χ4n) is 3.43. The molecule has 0 aromatic heterocycles. The van der Waals surface area contributed by atoms with E-state index in [1.54, 1.807) is 6.07 Å². The molecule has 110 valence electrons. The topological polar surface area (TPSA) is 49.4 Å². The van der Waals surface area contributed by atoms with Gasteiger partial charge in [0.15, 0.2) is 9.84 Å². The predicted molar refractivity (Wildman–Crippen MR) is 79.5 cm³/mol. The molecule has 0 bridgehead atoms. The Morgan fingerprint density at radius 2 is 2.05 bits per heavy atom. The van der Waals surface area contributed by atoms with Crippen LogP contribution in [0, 0.1) is 0 Å². The minimum absolute atomic E-state index is 0.222. The lowest BCUT2D eigenvalue weighted by atomic mass is 9.98. The van der Waals surface area contributed by atoms with Crippen LogP contribution in [0.4, 0.5) is 0 Å². The minimum Gasteiger partial charge on any atom is -0.315 e. The lowest BCUT2D eigenvalue weighted by Gasteiger charge is -2.39. The Hall–Kier alpha value is -0.910. The lowest BCUT2D eigenvalue weighted by Crippen LogP contribution is -2.46. The van der Waals surface area contributed by atoms with E-state index in [9.17, 15) is 8.42 Å². The normalized spacial score (nSPS) is 29.1. The maximum absolute atomic E-state index is 12.2. The van der Waals surface area contributed by atoms with Crippen LogP contribution < -0.4 is 5.32 Å². The molecule has 2 unspecified atom stereocenters. The molecule has 2 heterocycles. The molecule has 0 radical (unpaired) electrons. The van der Waals surface area contributed by atoms with E-state index in [2.05, 4.69) is 17.3 Å². The van der Waals surface area contributed by atoms with Crippen LogP contribution in [-0.2, 0) is 9.84 Å². The Labute approximate surface area is 121 Å². The largest absolute Gasteiger partial charge is 0.315 e. The van der Waals surface area contributed by atoms with Gasteiger partial charge in [0, 0.05) is 18.6 Å². The molecular formula is C15H22N2O2S. The summed E-state index contributed by atoms with van der Waals surface area (Å²) in [5, 5.41) is 3.44. The number of piperidine rings is 1. The molecule has 0 aliphatic carbocycles. The van der Waals surface area contributed by atoms with E-state index in [1.165, 1.54) is 12.8 Å². The van der Waals surface area contributed by atoms with E-state index in [1.807, 2.05) is 18.2 Å². The van der Waals surface area contributed by atoms with Crippen LogP contribution in [0.2, 0.25) is 0 Å². The molecule has 20 heavy (non-hydrogen) atoms. The molecule has 2 atom stereocenters. The van der Waals surface area contributed by atoms with Crippen LogP contribution in [0.3, 0.4) is 0 Å². The summed E-state index contributed by atoms with van der Waals surface area (Å²) in [5.74, 6) is 0.263. The van der Waals surface area contributed by atoms with Gasteiger partial charge in [-0.1, -0.05) is 18.2 Å². The average Bonchev–Trinajstić information content (AvgIpc) is 2.48. The third-order valence-electron chi connectivity index (χ3n) is 4.61. The first-order chi connectivity index (χ1) is 9.59. The maximum atomic E-state index is 12.2. The second kappa shape index (κ2) is 5.47. The molecule has 1 saturated heterocycles. The van der Waals surface area contributed by atoms with Crippen molar-refractivity contribution in [3.05, 3.63) is 29.8 Å². The Balaban J connectivity index is 1.91. The Morgan fingerprint density at radius 3 is 2.80 bits per heavy atom. The van der Waals surface area contributed by atoms with Gasteiger partial charge in [-0.15, -0.1) is 0 Å². The van der Waals surface area contributed by atoms with E-state index >= 15 is 0 Å². The van der Waals surface area contributed by atoms with Gasteiger partial charge in [-0.05, 0) is 44.5 Å². The molecule has 4 nitrogen and oxygen atoms in total. The highest BCUT2D eigenvalue weighted by molar-refractivity contribution is 7.91. The average molecular weight is 294 g/mol. The van der Waals surface area contributed by atoms with Gasteiger partial charge < -0.3 is 5.32 Å². The van der Waals surface area contributed by atoms with E-state index in [4.69, 9.17) is 0 Å². The van der Waals surface area contributed by atoms with Crippen molar-refractivity contribution >= 4 is 9.84 Å². The molecule has 5 heteroatoms. The monoisotopic (exact) mass is 294 g/mol. The molecule has 0 saturated carbocycles. The van der Waals surface area contributed by atoms with Gasteiger partial charge in [0.1, 0.15) is 0 Å². The fourth-order valence-corrected chi connectivity index (χ4v) is 5.03. The van der Waals surface area contributed by atoms with Crippen molar-refractivity contribution in [2.24, 2.45) is 0 Å². The molecule has 0 spiro atoms. The number of hydrogen-bond donors (Lipinski definition) is 1. The van der Waals surface area contributed by atoms with Crippen LogP contribution in [0.5, 0.6) is 0 Å². The van der Waals surface area contributed by atoms with Crippen LogP contribution in [0.25, 0.3) is 0 Å². The third-order valence-corrected chi connectivity index (χ3v) is 6.43. The van der Waals surface area contributed by atoms with Gasteiger partial charge in [0.2, 0.25) is 0 Å². The highest BCUT2D eigenvalue weighted by Crippen LogP contribution is 2.36. The first-order valence-electron chi connectivity index (χ1n) is 7.34. The molecule has 1 aromatic rings. The number of sulfone groups is 1. The molecule has 1 aromatic carbocycles. The molecule has 2 aliphatic heterocycles. The van der Waals surface area contributed by atoms with Gasteiger partial charge >= 0.3 is 0 Å². The Kier molecular flexibility index (Phi) is 3.84. The van der Waals surface area contributed by atoms with Crippen molar-refractivity contribution in [1.82, 2.24) is 10.2 Å². The fraction of sp³-hybridized carbons (Fsp3) is 0.600. The van der Waals surface area contributed by atoms with E-state index in [0.717, 1.165) is 18.7 Å². The summed E-state index contributed by atoms with van der Waals surface area (Å²) in [7, 11) is -0.946. The minimum atomic E-state index is -3.08. The highest BCUT2D eigenvalue weighted by Gasteiger charge is 2.34. The standard InChI is InChI=1S/C15H22N2O2S/c1-17(12-5-4-9-16-11-12)14-8-10-20(18,19)15-7-3-2-6-13(14)15/h2-3,6-7,12,14,16H,4-5,8-11H2,1H3. The predicted octanol–water partition coefficient (Wildman–Crippen LogP) is 1.59. The van der Waals surface area contributed by atoms with Crippen LogP contribution in [0.1, 0.15) is 30.9 Å². The van der Waals surface area contributed by atoms with E-state index in [-0.39, 0.29) is 11.8 Å². The summed E-state index contributed by atoms with van der Waals surface area (Å²) in [6.07, 6.45) is 3.09. The molecule has 1 N–H and O–H groups in total. The van der Waals surface area contributed by atoms with Crippen molar-refractivity contribution in [2.75, 3.05) is 25.9 Å². The summed E-state index contributed by atoms with van der Waals surface area (Å²) in [5.41, 5.74) is 0.979. The zero-order chi connectivity index (χ0) is 14.2.